The molecule has 0 aliphatic heterocycles. The van der Waals surface area contributed by atoms with E-state index in [1.807, 2.05) is 12.2 Å². The molecule has 0 spiro atoms. The zero-order valence-corrected chi connectivity index (χ0v) is 7.38. The Hall–Kier alpha value is -0.980. The standard InChI is InChI=1S/C10H17N/c1-4-6-10(7-8-11)9(3)5-2/h4,6-9H,1,5,11H2,2-3H3/b8-7-,10-6+. The molecule has 1 unspecified atom stereocenters. The van der Waals surface area contributed by atoms with E-state index < -0.39 is 0 Å². The van der Waals surface area contributed by atoms with Gasteiger partial charge in [0.2, 0.25) is 0 Å². The molecule has 0 heterocycles. The van der Waals surface area contributed by atoms with Crippen molar-refractivity contribution in [3.8, 4) is 0 Å². The van der Waals surface area contributed by atoms with E-state index in [2.05, 4.69) is 20.4 Å². The van der Waals surface area contributed by atoms with Gasteiger partial charge in [0.25, 0.3) is 0 Å². The minimum Gasteiger partial charge on any atom is -0.405 e. The molecule has 0 saturated carbocycles. The van der Waals surface area contributed by atoms with Gasteiger partial charge in [-0.1, -0.05) is 32.6 Å². The Balaban J connectivity index is 4.32. The Morgan fingerprint density at radius 2 is 2.27 bits per heavy atom. The fourth-order valence-corrected chi connectivity index (χ4v) is 0.867. The van der Waals surface area contributed by atoms with Gasteiger partial charge in [0.1, 0.15) is 0 Å². The van der Waals surface area contributed by atoms with Gasteiger partial charge in [0.15, 0.2) is 0 Å². The molecule has 0 aliphatic rings. The molecule has 0 saturated heterocycles. The van der Waals surface area contributed by atoms with Crippen molar-refractivity contribution >= 4 is 0 Å². The molecule has 0 fully saturated rings. The van der Waals surface area contributed by atoms with Gasteiger partial charge in [-0.3, -0.25) is 0 Å². The van der Waals surface area contributed by atoms with Crippen LogP contribution >= 0.6 is 0 Å². The third-order valence-corrected chi connectivity index (χ3v) is 1.78. The van der Waals surface area contributed by atoms with Crippen LogP contribution in [-0.4, -0.2) is 0 Å². The molecule has 0 aromatic heterocycles. The average molecular weight is 151 g/mol. The summed E-state index contributed by atoms with van der Waals surface area (Å²) >= 11 is 0. The van der Waals surface area contributed by atoms with Crippen LogP contribution in [0.3, 0.4) is 0 Å². The highest BCUT2D eigenvalue weighted by Gasteiger charge is 2.00. The Bertz CT molecular complexity index is 166. The van der Waals surface area contributed by atoms with Crippen molar-refractivity contribution in [1.82, 2.24) is 0 Å². The lowest BCUT2D eigenvalue weighted by Crippen LogP contribution is -1.95. The van der Waals surface area contributed by atoms with Crippen molar-refractivity contribution in [3.63, 3.8) is 0 Å². The van der Waals surface area contributed by atoms with Crippen molar-refractivity contribution < 1.29 is 0 Å². The molecule has 0 rings (SSSR count). The molecule has 0 aliphatic carbocycles. The van der Waals surface area contributed by atoms with Gasteiger partial charge >= 0.3 is 0 Å². The molecule has 0 aromatic rings. The lowest BCUT2D eigenvalue weighted by molar-refractivity contribution is 0.670. The largest absolute Gasteiger partial charge is 0.405 e. The first-order valence-corrected chi connectivity index (χ1v) is 3.97. The topological polar surface area (TPSA) is 26.0 Å². The number of rotatable bonds is 4. The van der Waals surface area contributed by atoms with Crippen LogP contribution in [0.2, 0.25) is 0 Å². The van der Waals surface area contributed by atoms with Crippen LogP contribution in [0.25, 0.3) is 0 Å². The Kier molecular flexibility index (Phi) is 5.26. The summed E-state index contributed by atoms with van der Waals surface area (Å²) in [5, 5.41) is 0. The highest BCUT2D eigenvalue weighted by Crippen LogP contribution is 2.14. The van der Waals surface area contributed by atoms with Crippen LogP contribution in [0, 0.1) is 5.92 Å². The van der Waals surface area contributed by atoms with Gasteiger partial charge in [-0.25, -0.2) is 0 Å². The molecule has 1 nitrogen and oxygen atoms in total. The van der Waals surface area contributed by atoms with Gasteiger partial charge in [-0.05, 0) is 30.2 Å². The highest BCUT2D eigenvalue weighted by molar-refractivity contribution is 5.24. The second kappa shape index (κ2) is 5.78. The molecule has 0 amide bonds. The quantitative estimate of drug-likeness (QED) is 0.614. The Morgan fingerprint density at radius 1 is 1.64 bits per heavy atom. The molecule has 0 bridgehead atoms. The minimum absolute atomic E-state index is 0.563. The lowest BCUT2D eigenvalue weighted by Gasteiger charge is -2.08. The fraction of sp³-hybridized carbons (Fsp3) is 0.400. The molecule has 0 aromatic carbocycles. The third kappa shape index (κ3) is 3.66. The number of hydrogen-bond acceptors (Lipinski definition) is 1. The Labute approximate surface area is 69.3 Å². The first kappa shape index (κ1) is 10.0. The smallest absolute Gasteiger partial charge is 0.00595 e. The van der Waals surface area contributed by atoms with Crippen molar-refractivity contribution in [2.24, 2.45) is 11.7 Å². The lowest BCUT2D eigenvalue weighted by atomic mass is 9.98. The second-order valence-electron chi connectivity index (χ2n) is 2.57. The Morgan fingerprint density at radius 3 is 2.64 bits per heavy atom. The molecular formula is C10H17N. The molecule has 11 heavy (non-hydrogen) atoms. The zero-order chi connectivity index (χ0) is 8.69. The van der Waals surface area contributed by atoms with Gasteiger partial charge in [-0.2, -0.15) is 0 Å². The van der Waals surface area contributed by atoms with Crippen molar-refractivity contribution in [1.29, 1.82) is 0 Å². The van der Waals surface area contributed by atoms with E-state index in [9.17, 15) is 0 Å². The fourth-order valence-electron chi connectivity index (χ4n) is 0.867. The minimum atomic E-state index is 0.563. The number of nitrogens with two attached hydrogens (primary N) is 1. The molecular weight excluding hydrogens is 134 g/mol. The maximum atomic E-state index is 5.30. The predicted octanol–water partition coefficient (Wildman–Crippen LogP) is 2.62. The van der Waals surface area contributed by atoms with Gasteiger partial charge in [-0.15, -0.1) is 0 Å². The second-order valence-corrected chi connectivity index (χ2v) is 2.57. The first-order valence-electron chi connectivity index (χ1n) is 3.97. The summed E-state index contributed by atoms with van der Waals surface area (Å²) in [4.78, 5) is 0. The van der Waals surface area contributed by atoms with Crippen molar-refractivity contribution in [3.05, 3.63) is 36.6 Å². The molecule has 2 N–H and O–H groups in total. The van der Waals surface area contributed by atoms with Gasteiger partial charge < -0.3 is 5.73 Å². The summed E-state index contributed by atoms with van der Waals surface area (Å²) in [6.07, 6.45) is 8.42. The number of hydrogen-bond donors (Lipinski definition) is 1. The highest BCUT2D eigenvalue weighted by atomic mass is 14.5. The zero-order valence-electron chi connectivity index (χ0n) is 7.38. The maximum Gasteiger partial charge on any atom is -0.00595 e. The predicted molar refractivity (Wildman–Crippen MR) is 51.1 cm³/mol. The van der Waals surface area contributed by atoms with Crippen LogP contribution < -0.4 is 5.73 Å². The SMILES string of the molecule is C=C/C=C(\C=C/N)C(C)CC. The monoisotopic (exact) mass is 151 g/mol. The normalized spacial score (nSPS) is 15.3. The third-order valence-electron chi connectivity index (χ3n) is 1.78. The summed E-state index contributed by atoms with van der Waals surface area (Å²) in [6.45, 7) is 7.98. The summed E-state index contributed by atoms with van der Waals surface area (Å²) in [5.41, 5.74) is 6.54. The van der Waals surface area contributed by atoms with Gasteiger partial charge in [0, 0.05) is 0 Å². The van der Waals surface area contributed by atoms with Crippen LogP contribution in [-0.2, 0) is 0 Å². The van der Waals surface area contributed by atoms with E-state index in [1.165, 1.54) is 5.57 Å². The summed E-state index contributed by atoms with van der Waals surface area (Å²) in [5.74, 6) is 0.563. The van der Waals surface area contributed by atoms with Crippen molar-refractivity contribution in [2.75, 3.05) is 0 Å². The van der Waals surface area contributed by atoms with Crippen LogP contribution in [0.1, 0.15) is 20.3 Å². The van der Waals surface area contributed by atoms with Crippen LogP contribution in [0.4, 0.5) is 0 Å². The summed E-state index contributed by atoms with van der Waals surface area (Å²) < 4.78 is 0. The van der Waals surface area contributed by atoms with E-state index >= 15 is 0 Å². The van der Waals surface area contributed by atoms with Crippen molar-refractivity contribution in [2.45, 2.75) is 20.3 Å². The van der Waals surface area contributed by atoms with Crippen LogP contribution in [0.5, 0.6) is 0 Å². The first-order chi connectivity index (χ1) is 5.26. The van der Waals surface area contributed by atoms with E-state index in [0.717, 1.165) is 6.42 Å². The summed E-state index contributed by atoms with van der Waals surface area (Å²) in [7, 11) is 0. The molecule has 1 heteroatoms. The molecule has 0 radical (unpaired) electrons. The number of allylic oxidation sites excluding steroid dienone is 4. The van der Waals surface area contributed by atoms with Gasteiger partial charge in [0.05, 0.1) is 0 Å². The van der Waals surface area contributed by atoms with E-state index in [1.54, 1.807) is 12.3 Å². The van der Waals surface area contributed by atoms with Crippen LogP contribution in [0.15, 0.2) is 36.6 Å². The van der Waals surface area contributed by atoms with E-state index in [-0.39, 0.29) is 0 Å². The van der Waals surface area contributed by atoms with E-state index in [0.29, 0.717) is 5.92 Å². The molecule has 62 valence electrons. The maximum absolute atomic E-state index is 5.30. The summed E-state index contributed by atoms with van der Waals surface area (Å²) in [6, 6.07) is 0. The molecule has 1 atom stereocenters. The van der Waals surface area contributed by atoms with E-state index in [4.69, 9.17) is 5.73 Å². The average Bonchev–Trinajstić information content (AvgIpc) is 2.03.